The maximum atomic E-state index is 13.0. The zero-order valence-electron chi connectivity index (χ0n) is 18.6. The lowest BCUT2D eigenvalue weighted by molar-refractivity contribution is 0.0954. The molecule has 0 spiro atoms. The van der Waals surface area contributed by atoms with Gasteiger partial charge in [-0.2, -0.15) is 0 Å². The van der Waals surface area contributed by atoms with Crippen LogP contribution in [0.15, 0.2) is 114 Å². The maximum absolute atomic E-state index is 13.0. The summed E-state index contributed by atoms with van der Waals surface area (Å²) in [5.41, 5.74) is 4.06. The first-order valence-corrected chi connectivity index (χ1v) is 12.6. The molecule has 0 aliphatic carbocycles. The number of hydrogen-bond acceptors (Lipinski definition) is 3. The first-order chi connectivity index (χ1) is 16.5. The Balaban J connectivity index is 1.52. The van der Waals surface area contributed by atoms with Gasteiger partial charge in [-0.25, -0.2) is 13.1 Å². The van der Waals surface area contributed by atoms with E-state index in [1.807, 2.05) is 72.8 Å². The Labute approximate surface area is 200 Å². The van der Waals surface area contributed by atoms with Gasteiger partial charge in [0.1, 0.15) is 0 Å². The van der Waals surface area contributed by atoms with Crippen LogP contribution in [0.4, 0.5) is 0 Å². The molecule has 4 aromatic carbocycles. The molecule has 2 N–H and O–H groups in total. The van der Waals surface area contributed by atoms with Gasteiger partial charge in [-0.05, 0) is 46.9 Å². The van der Waals surface area contributed by atoms with E-state index in [-0.39, 0.29) is 17.3 Å². The molecule has 0 unspecified atom stereocenters. The third kappa shape index (κ3) is 5.78. The van der Waals surface area contributed by atoms with Gasteiger partial charge >= 0.3 is 0 Å². The molecular formula is C28H26N2O3S. The second kappa shape index (κ2) is 10.9. The number of carbonyl (C=O) groups is 1. The summed E-state index contributed by atoms with van der Waals surface area (Å²) in [5, 5.41) is 3.00. The predicted octanol–water partition coefficient (Wildman–Crippen LogP) is 4.80. The van der Waals surface area contributed by atoms with E-state index in [4.69, 9.17) is 0 Å². The lowest BCUT2D eigenvalue weighted by Gasteiger charge is -2.15. The molecule has 0 aliphatic heterocycles. The van der Waals surface area contributed by atoms with E-state index in [2.05, 4.69) is 10.0 Å². The van der Waals surface area contributed by atoms with Crippen LogP contribution >= 0.6 is 0 Å². The van der Waals surface area contributed by atoms with Crippen molar-refractivity contribution in [1.82, 2.24) is 10.0 Å². The molecule has 0 bridgehead atoms. The second-order valence-corrected chi connectivity index (χ2v) is 9.60. The van der Waals surface area contributed by atoms with Crippen LogP contribution < -0.4 is 10.0 Å². The van der Waals surface area contributed by atoms with Gasteiger partial charge in [0.25, 0.3) is 5.91 Å². The summed E-state index contributed by atoms with van der Waals surface area (Å²) in [7, 11) is -3.65. The summed E-state index contributed by atoms with van der Waals surface area (Å²) < 4.78 is 28.1. The van der Waals surface area contributed by atoms with Crippen molar-refractivity contribution in [1.29, 1.82) is 0 Å². The second-order valence-electron chi connectivity index (χ2n) is 7.83. The highest BCUT2D eigenvalue weighted by atomic mass is 32.2. The lowest BCUT2D eigenvalue weighted by Crippen LogP contribution is -2.26. The number of nitrogens with one attached hydrogen (secondary N) is 2. The Bertz CT molecular complexity index is 1350. The van der Waals surface area contributed by atoms with Crippen molar-refractivity contribution in [2.24, 2.45) is 0 Å². The van der Waals surface area contributed by atoms with Crippen LogP contribution in [0, 0.1) is 0 Å². The molecule has 34 heavy (non-hydrogen) atoms. The molecule has 0 aliphatic rings. The number of sulfonamides is 1. The number of rotatable bonds is 9. The fourth-order valence-corrected chi connectivity index (χ4v) is 4.80. The molecule has 6 heteroatoms. The van der Waals surface area contributed by atoms with Gasteiger partial charge in [0.2, 0.25) is 10.0 Å². The molecule has 0 fully saturated rings. The van der Waals surface area contributed by atoms with Crippen LogP contribution in [0.1, 0.15) is 21.5 Å². The fraction of sp³-hybridized carbons (Fsp3) is 0.107. The molecular weight excluding hydrogens is 444 g/mol. The minimum absolute atomic E-state index is 0.108. The van der Waals surface area contributed by atoms with E-state index in [0.29, 0.717) is 12.1 Å². The number of hydrogen-bond donors (Lipinski definition) is 2. The predicted molar refractivity (Wildman–Crippen MR) is 135 cm³/mol. The molecule has 0 radical (unpaired) electrons. The summed E-state index contributed by atoms with van der Waals surface area (Å²) in [4.78, 5) is 13.2. The average molecular weight is 471 g/mol. The molecule has 4 aromatic rings. The van der Waals surface area contributed by atoms with E-state index in [1.54, 1.807) is 36.4 Å². The topological polar surface area (TPSA) is 75.3 Å². The Kier molecular flexibility index (Phi) is 7.52. The fourth-order valence-electron chi connectivity index (χ4n) is 3.77. The van der Waals surface area contributed by atoms with Crippen molar-refractivity contribution >= 4 is 15.9 Å². The van der Waals surface area contributed by atoms with Crippen molar-refractivity contribution in [2.45, 2.75) is 17.9 Å². The lowest BCUT2D eigenvalue weighted by atomic mass is 9.95. The van der Waals surface area contributed by atoms with Crippen LogP contribution in [0.3, 0.4) is 0 Å². The Morgan fingerprint density at radius 1 is 0.676 bits per heavy atom. The first kappa shape index (κ1) is 23.4. The van der Waals surface area contributed by atoms with Gasteiger partial charge in [0.15, 0.2) is 0 Å². The van der Waals surface area contributed by atoms with Crippen LogP contribution in [0.2, 0.25) is 0 Å². The summed E-state index contributed by atoms with van der Waals surface area (Å²) in [5.74, 6) is -0.161. The maximum Gasteiger partial charge on any atom is 0.251 e. The molecule has 0 heterocycles. The van der Waals surface area contributed by atoms with Crippen molar-refractivity contribution < 1.29 is 13.2 Å². The van der Waals surface area contributed by atoms with E-state index in [1.165, 1.54) is 0 Å². The van der Waals surface area contributed by atoms with E-state index in [0.717, 1.165) is 28.7 Å². The van der Waals surface area contributed by atoms with E-state index < -0.39 is 10.0 Å². The monoisotopic (exact) mass is 470 g/mol. The molecule has 1 amide bonds. The summed E-state index contributed by atoms with van der Waals surface area (Å²) in [6, 6.07) is 33.2. The normalized spacial score (nSPS) is 11.2. The largest absolute Gasteiger partial charge is 0.352 e. The van der Waals surface area contributed by atoms with Crippen molar-refractivity contribution in [3.63, 3.8) is 0 Å². The molecule has 4 rings (SSSR count). The van der Waals surface area contributed by atoms with Gasteiger partial charge in [-0.3, -0.25) is 4.79 Å². The SMILES string of the molecule is O=C(NCCc1ccccc1)c1ccccc1-c1ccccc1CNS(=O)(=O)c1ccccc1. The molecule has 5 nitrogen and oxygen atoms in total. The molecule has 0 aromatic heterocycles. The number of amides is 1. The summed E-state index contributed by atoms with van der Waals surface area (Å²) in [6.07, 6.45) is 0.743. The van der Waals surface area contributed by atoms with Crippen molar-refractivity contribution in [2.75, 3.05) is 6.54 Å². The Morgan fingerprint density at radius 3 is 2.00 bits per heavy atom. The highest BCUT2D eigenvalue weighted by Crippen LogP contribution is 2.27. The molecule has 172 valence electrons. The van der Waals surface area contributed by atoms with E-state index >= 15 is 0 Å². The van der Waals surface area contributed by atoms with Crippen LogP contribution in [0.25, 0.3) is 11.1 Å². The van der Waals surface area contributed by atoms with Crippen LogP contribution in [0.5, 0.6) is 0 Å². The van der Waals surface area contributed by atoms with Gasteiger partial charge in [0.05, 0.1) is 4.90 Å². The number of carbonyl (C=O) groups excluding carboxylic acids is 1. The quantitative estimate of drug-likeness (QED) is 0.369. The van der Waals surface area contributed by atoms with E-state index in [9.17, 15) is 13.2 Å². The zero-order valence-corrected chi connectivity index (χ0v) is 19.5. The van der Waals surface area contributed by atoms with Gasteiger partial charge < -0.3 is 5.32 Å². The molecule has 0 atom stereocenters. The highest BCUT2D eigenvalue weighted by molar-refractivity contribution is 7.89. The standard InChI is InChI=1S/C28H26N2O3S/c31-28(29-20-19-22-11-3-1-4-12-22)27-18-10-9-17-26(27)25-16-8-7-13-23(25)21-30-34(32,33)24-14-5-2-6-15-24/h1-18,30H,19-21H2,(H,29,31). The van der Waals surface area contributed by atoms with Crippen molar-refractivity contribution in [3.8, 4) is 11.1 Å². The third-order valence-electron chi connectivity index (χ3n) is 5.53. The minimum Gasteiger partial charge on any atom is -0.352 e. The smallest absolute Gasteiger partial charge is 0.251 e. The Morgan fingerprint density at radius 2 is 1.26 bits per heavy atom. The first-order valence-electron chi connectivity index (χ1n) is 11.1. The average Bonchev–Trinajstić information content (AvgIpc) is 2.89. The number of benzene rings is 4. The van der Waals surface area contributed by atoms with Crippen LogP contribution in [-0.4, -0.2) is 20.9 Å². The van der Waals surface area contributed by atoms with Crippen LogP contribution in [-0.2, 0) is 23.0 Å². The highest BCUT2D eigenvalue weighted by Gasteiger charge is 2.17. The van der Waals surface area contributed by atoms with Crippen molar-refractivity contribution in [3.05, 3.63) is 126 Å². The zero-order chi connectivity index (χ0) is 23.8. The summed E-state index contributed by atoms with van der Waals surface area (Å²) in [6.45, 7) is 0.632. The van der Waals surface area contributed by atoms with Gasteiger partial charge in [-0.15, -0.1) is 0 Å². The third-order valence-corrected chi connectivity index (χ3v) is 6.94. The van der Waals surface area contributed by atoms with Gasteiger partial charge in [0, 0.05) is 18.7 Å². The molecule has 0 saturated heterocycles. The molecule has 0 saturated carbocycles. The summed E-state index contributed by atoms with van der Waals surface area (Å²) >= 11 is 0. The van der Waals surface area contributed by atoms with Gasteiger partial charge in [-0.1, -0.05) is 91.0 Å². The minimum atomic E-state index is -3.65. The Hall–Kier alpha value is -3.74.